The highest BCUT2D eigenvalue weighted by Crippen LogP contribution is 2.40. The number of fused-ring (bicyclic) bond motifs is 3. The van der Waals surface area contributed by atoms with Gasteiger partial charge in [0.2, 0.25) is 0 Å². The van der Waals surface area contributed by atoms with Crippen LogP contribution in [0.25, 0.3) is 10.9 Å². The third-order valence-electron chi connectivity index (χ3n) is 4.58. The smallest absolute Gasteiger partial charge is 0.321 e. The van der Waals surface area contributed by atoms with Crippen molar-refractivity contribution in [3.8, 4) is 5.75 Å². The molecule has 0 amide bonds. The highest BCUT2D eigenvalue weighted by atomic mass is 79.9. The molecule has 4 rings (SSSR count). The molecule has 0 unspecified atom stereocenters. The number of rotatable bonds is 2. The number of hydrogen-bond donors (Lipinski definition) is 4. The number of para-hydroxylation sites is 1. The van der Waals surface area contributed by atoms with E-state index < -0.39 is 12.0 Å². The molecule has 4 N–H and O–H groups in total. The molecule has 0 spiro atoms. The van der Waals surface area contributed by atoms with Crippen molar-refractivity contribution >= 4 is 48.7 Å². The number of carbonyl (C=O) groups is 1. The maximum Gasteiger partial charge on any atom is 0.321 e. The predicted octanol–water partition coefficient (Wildman–Crippen LogP) is 4.09. The molecular weight excluding hydrogens is 452 g/mol. The van der Waals surface area contributed by atoms with Crippen LogP contribution in [0.5, 0.6) is 5.75 Å². The van der Waals surface area contributed by atoms with Crippen molar-refractivity contribution in [1.29, 1.82) is 0 Å². The van der Waals surface area contributed by atoms with E-state index in [9.17, 15) is 15.0 Å². The highest BCUT2D eigenvalue weighted by Gasteiger charge is 2.34. The highest BCUT2D eigenvalue weighted by molar-refractivity contribution is 9.11. The summed E-state index contributed by atoms with van der Waals surface area (Å²) in [4.78, 5) is 15.1. The Kier molecular flexibility index (Phi) is 4.10. The van der Waals surface area contributed by atoms with E-state index >= 15 is 0 Å². The van der Waals surface area contributed by atoms with E-state index in [0.717, 1.165) is 27.7 Å². The summed E-state index contributed by atoms with van der Waals surface area (Å²) in [5.41, 5.74) is 3.83. The molecule has 5 nitrogen and oxygen atoms in total. The van der Waals surface area contributed by atoms with E-state index in [0.29, 0.717) is 15.4 Å². The van der Waals surface area contributed by atoms with E-state index in [4.69, 9.17) is 0 Å². The van der Waals surface area contributed by atoms with Crippen molar-refractivity contribution in [2.45, 2.75) is 18.5 Å². The van der Waals surface area contributed by atoms with Gasteiger partial charge in [0.15, 0.2) is 0 Å². The maximum atomic E-state index is 11.7. The first-order valence-corrected chi connectivity index (χ1v) is 9.30. The average molecular weight is 466 g/mol. The fourth-order valence-corrected chi connectivity index (χ4v) is 4.63. The number of halogens is 2. The van der Waals surface area contributed by atoms with E-state index in [1.54, 1.807) is 12.1 Å². The topological polar surface area (TPSA) is 85.3 Å². The molecule has 1 aromatic heterocycles. The first-order valence-electron chi connectivity index (χ1n) is 7.72. The minimum Gasteiger partial charge on any atom is -0.506 e. The molecule has 2 atom stereocenters. The van der Waals surface area contributed by atoms with E-state index in [1.165, 1.54) is 0 Å². The second kappa shape index (κ2) is 6.16. The number of carboxylic acid groups (broad SMARTS) is 1. The van der Waals surface area contributed by atoms with Gasteiger partial charge in [-0.05, 0) is 61.2 Å². The molecule has 3 aromatic rings. The van der Waals surface area contributed by atoms with Gasteiger partial charge in [-0.3, -0.25) is 10.1 Å². The minimum absolute atomic E-state index is 0.117. The lowest BCUT2D eigenvalue weighted by atomic mass is 9.90. The molecule has 7 heteroatoms. The Balaban J connectivity index is 1.92. The van der Waals surface area contributed by atoms with Crippen molar-refractivity contribution < 1.29 is 15.0 Å². The Hall–Kier alpha value is -1.83. The normalized spacial score (nSPS) is 19.8. The lowest BCUT2D eigenvalue weighted by Gasteiger charge is -2.30. The molecule has 1 aliphatic heterocycles. The number of benzene rings is 2. The van der Waals surface area contributed by atoms with Gasteiger partial charge in [-0.15, -0.1) is 0 Å². The second-order valence-electron chi connectivity index (χ2n) is 6.09. The van der Waals surface area contributed by atoms with Crippen LogP contribution in [0.3, 0.4) is 0 Å². The molecular formula is C18H14Br2N2O3. The summed E-state index contributed by atoms with van der Waals surface area (Å²) in [6.45, 7) is 0. The molecule has 0 saturated heterocycles. The van der Waals surface area contributed by atoms with Crippen LogP contribution in [0, 0.1) is 0 Å². The van der Waals surface area contributed by atoms with Crippen LogP contribution in [0.1, 0.15) is 22.9 Å². The molecule has 0 fully saturated rings. The Labute approximate surface area is 160 Å². The number of phenolic OH excluding ortho intramolecular Hbond substituents is 1. The molecule has 0 aliphatic carbocycles. The Morgan fingerprint density at radius 1 is 1.16 bits per heavy atom. The van der Waals surface area contributed by atoms with Gasteiger partial charge in [-0.2, -0.15) is 0 Å². The third kappa shape index (κ3) is 2.76. The molecule has 0 radical (unpaired) electrons. The molecule has 128 valence electrons. The monoisotopic (exact) mass is 464 g/mol. The molecule has 1 aliphatic rings. The molecule has 2 heterocycles. The van der Waals surface area contributed by atoms with Crippen LogP contribution in [-0.4, -0.2) is 27.2 Å². The number of aliphatic carboxylic acids is 1. The summed E-state index contributed by atoms with van der Waals surface area (Å²) < 4.78 is 1.10. The first-order chi connectivity index (χ1) is 12.0. The number of aromatic nitrogens is 1. The molecule has 0 saturated carbocycles. The van der Waals surface area contributed by atoms with Gasteiger partial charge in [-0.1, -0.05) is 18.2 Å². The van der Waals surface area contributed by atoms with Crippen molar-refractivity contribution in [3.63, 3.8) is 0 Å². The van der Waals surface area contributed by atoms with Gasteiger partial charge >= 0.3 is 5.97 Å². The number of aromatic amines is 1. The zero-order valence-corrected chi connectivity index (χ0v) is 16.1. The number of phenols is 1. The molecule has 2 aromatic carbocycles. The Morgan fingerprint density at radius 2 is 1.84 bits per heavy atom. The van der Waals surface area contributed by atoms with Crippen LogP contribution >= 0.6 is 31.9 Å². The quantitative estimate of drug-likeness (QED) is 0.459. The van der Waals surface area contributed by atoms with Crippen molar-refractivity contribution in [1.82, 2.24) is 10.3 Å². The zero-order chi connectivity index (χ0) is 17.7. The van der Waals surface area contributed by atoms with Crippen LogP contribution in [0.4, 0.5) is 0 Å². The van der Waals surface area contributed by atoms with Gasteiger partial charge in [-0.25, -0.2) is 0 Å². The number of aromatic hydroxyl groups is 1. The minimum atomic E-state index is -0.877. The summed E-state index contributed by atoms with van der Waals surface area (Å²) in [6, 6.07) is 10.5. The summed E-state index contributed by atoms with van der Waals surface area (Å²) >= 11 is 6.70. The summed E-state index contributed by atoms with van der Waals surface area (Å²) in [5, 5.41) is 23.8. The van der Waals surface area contributed by atoms with E-state index in [2.05, 4.69) is 42.2 Å². The zero-order valence-electron chi connectivity index (χ0n) is 12.9. The van der Waals surface area contributed by atoms with Crippen LogP contribution in [0.15, 0.2) is 45.3 Å². The number of nitrogens with one attached hydrogen (secondary N) is 2. The number of carboxylic acids is 1. The second-order valence-corrected chi connectivity index (χ2v) is 7.80. The van der Waals surface area contributed by atoms with Gasteiger partial charge < -0.3 is 15.2 Å². The standard InChI is InChI=1S/C18H14Br2N2O3/c19-11-5-8(6-12(20)17(11)23)15-16-10(7-14(22-15)18(24)25)9-3-1-2-4-13(9)21-16/h1-6,14-15,21-23H,7H2,(H,24,25)/t14-,15+/m1/s1. The van der Waals surface area contributed by atoms with Gasteiger partial charge in [0, 0.05) is 23.0 Å². The fourth-order valence-electron chi connectivity index (χ4n) is 3.41. The van der Waals surface area contributed by atoms with Crippen molar-refractivity contribution in [2.75, 3.05) is 0 Å². The van der Waals surface area contributed by atoms with E-state index in [-0.39, 0.29) is 11.8 Å². The lowest BCUT2D eigenvalue weighted by Crippen LogP contribution is -2.44. The van der Waals surface area contributed by atoms with Gasteiger partial charge in [0.25, 0.3) is 0 Å². The first kappa shape index (κ1) is 16.6. The van der Waals surface area contributed by atoms with Crippen molar-refractivity contribution in [2.24, 2.45) is 0 Å². The predicted molar refractivity (Wildman–Crippen MR) is 102 cm³/mol. The maximum absolute atomic E-state index is 11.7. The summed E-state index contributed by atoms with van der Waals surface area (Å²) in [7, 11) is 0. The number of H-pyrrole nitrogens is 1. The Bertz CT molecular complexity index is 976. The van der Waals surface area contributed by atoms with Crippen LogP contribution in [-0.2, 0) is 11.2 Å². The third-order valence-corrected chi connectivity index (χ3v) is 5.79. The van der Waals surface area contributed by atoms with Gasteiger partial charge in [0.1, 0.15) is 11.8 Å². The Morgan fingerprint density at radius 3 is 2.52 bits per heavy atom. The molecule has 25 heavy (non-hydrogen) atoms. The average Bonchev–Trinajstić information content (AvgIpc) is 2.97. The fraction of sp³-hybridized carbons (Fsp3) is 0.167. The SMILES string of the molecule is O=C(O)[C@H]1Cc2c([nH]c3ccccc23)[C@H](c2cc(Br)c(O)c(Br)c2)N1. The largest absolute Gasteiger partial charge is 0.506 e. The summed E-state index contributed by atoms with van der Waals surface area (Å²) in [6.07, 6.45) is 0.422. The van der Waals surface area contributed by atoms with Gasteiger partial charge in [0.05, 0.1) is 15.0 Å². The van der Waals surface area contributed by atoms with E-state index in [1.807, 2.05) is 24.3 Å². The van der Waals surface area contributed by atoms with Crippen LogP contribution < -0.4 is 5.32 Å². The number of hydrogen-bond acceptors (Lipinski definition) is 3. The molecule has 0 bridgehead atoms. The van der Waals surface area contributed by atoms with Crippen molar-refractivity contribution in [3.05, 3.63) is 62.2 Å². The van der Waals surface area contributed by atoms with Crippen LogP contribution in [0.2, 0.25) is 0 Å². The lowest BCUT2D eigenvalue weighted by molar-refractivity contribution is -0.139. The summed E-state index contributed by atoms with van der Waals surface area (Å²) in [5.74, 6) is -0.760.